The van der Waals surface area contributed by atoms with Crippen molar-refractivity contribution in [2.24, 2.45) is 0 Å². The molecule has 0 amide bonds. The molecule has 19 heavy (non-hydrogen) atoms. The Morgan fingerprint density at radius 1 is 1.32 bits per heavy atom. The minimum absolute atomic E-state index is 0.0927. The highest BCUT2D eigenvalue weighted by atomic mass is 16.3. The van der Waals surface area contributed by atoms with E-state index in [4.69, 9.17) is 9.68 Å². The lowest BCUT2D eigenvalue weighted by Gasteiger charge is -2.03. The third-order valence-electron chi connectivity index (χ3n) is 3.01. The summed E-state index contributed by atoms with van der Waals surface area (Å²) in [4.78, 5) is 12.0. The molecule has 2 aromatic heterocycles. The number of furan rings is 1. The highest BCUT2D eigenvalue weighted by Crippen LogP contribution is 2.18. The second-order valence-corrected chi connectivity index (χ2v) is 4.23. The molecule has 0 spiro atoms. The summed E-state index contributed by atoms with van der Waals surface area (Å²) in [5, 5.41) is 9.92. The summed E-state index contributed by atoms with van der Waals surface area (Å²) < 4.78 is 6.91. The summed E-state index contributed by atoms with van der Waals surface area (Å²) in [6, 6.07) is 12.8. The molecule has 0 saturated heterocycles. The zero-order valence-corrected chi connectivity index (χ0v) is 10.0. The van der Waals surface area contributed by atoms with E-state index in [1.54, 1.807) is 24.3 Å². The monoisotopic (exact) mass is 250 g/mol. The van der Waals surface area contributed by atoms with Crippen molar-refractivity contribution >= 4 is 16.7 Å². The number of nitriles is 1. The van der Waals surface area contributed by atoms with Crippen LogP contribution in [0.15, 0.2) is 53.3 Å². The maximum atomic E-state index is 12.0. The first-order valence-corrected chi connectivity index (χ1v) is 5.83. The molecule has 3 aromatic rings. The standard InChI is InChI=1S/C15H10N2O2/c16-9-11-3-4-12-5-6-17(13(12)8-11)10-14(18)15-2-1-7-19-15/h1-8H,10H2. The Kier molecular flexibility index (Phi) is 2.66. The molecule has 0 aliphatic heterocycles. The Hall–Kier alpha value is -2.80. The van der Waals surface area contributed by atoms with E-state index in [0.29, 0.717) is 11.3 Å². The van der Waals surface area contributed by atoms with Gasteiger partial charge in [0.25, 0.3) is 0 Å². The van der Waals surface area contributed by atoms with Crippen molar-refractivity contribution in [2.45, 2.75) is 6.54 Å². The lowest BCUT2D eigenvalue weighted by molar-refractivity contribution is 0.0946. The van der Waals surface area contributed by atoms with Gasteiger partial charge in [-0.25, -0.2) is 0 Å². The van der Waals surface area contributed by atoms with Crippen LogP contribution in [-0.2, 0) is 6.54 Å². The fourth-order valence-corrected chi connectivity index (χ4v) is 2.06. The van der Waals surface area contributed by atoms with E-state index in [-0.39, 0.29) is 12.3 Å². The van der Waals surface area contributed by atoms with E-state index in [0.717, 1.165) is 10.9 Å². The van der Waals surface area contributed by atoms with Gasteiger partial charge in [-0.1, -0.05) is 6.07 Å². The fraction of sp³-hybridized carbons (Fsp3) is 0.0667. The van der Waals surface area contributed by atoms with E-state index in [1.165, 1.54) is 6.26 Å². The Bertz CT molecular complexity index is 776. The van der Waals surface area contributed by atoms with Crippen LogP contribution in [0, 0.1) is 11.3 Å². The van der Waals surface area contributed by atoms with Gasteiger partial charge in [-0.05, 0) is 35.7 Å². The number of ketones is 1. The maximum absolute atomic E-state index is 12.0. The number of carbonyl (C=O) groups excluding carboxylic acids is 1. The van der Waals surface area contributed by atoms with E-state index < -0.39 is 0 Å². The van der Waals surface area contributed by atoms with Gasteiger partial charge in [-0.15, -0.1) is 0 Å². The number of fused-ring (bicyclic) bond motifs is 1. The predicted octanol–water partition coefficient (Wildman–Crippen LogP) is 2.99. The highest BCUT2D eigenvalue weighted by Gasteiger charge is 2.11. The van der Waals surface area contributed by atoms with Crippen LogP contribution in [0.25, 0.3) is 10.9 Å². The molecule has 4 nitrogen and oxygen atoms in total. The van der Waals surface area contributed by atoms with Gasteiger partial charge < -0.3 is 8.98 Å². The van der Waals surface area contributed by atoms with E-state index in [9.17, 15) is 4.79 Å². The summed E-state index contributed by atoms with van der Waals surface area (Å²) in [6.45, 7) is 0.200. The SMILES string of the molecule is N#Cc1ccc2ccn(CC(=O)c3ccco3)c2c1. The number of carbonyl (C=O) groups is 1. The molecular weight excluding hydrogens is 240 g/mol. The summed E-state index contributed by atoms with van der Waals surface area (Å²) >= 11 is 0. The maximum Gasteiger partial charge on any atom is 0.217 e. The summed E-state index contributed by atoms with van der Waals surface area (Å²) in [6.07, 6.45) is 3.32. The number of hydrogen-bond acceptors (Lipinski definition) is 3. The molecule has 0 saturated carbocycles. The first-order chi connectivity index (χ1) is 9.28. The Balaban J connectivity index is 1.97. The molecule has 1 aromatic carbocycles. The van der Waals surface area contributed by atoms with Crippen molar-refractivity contribution in [3.05, 3.63) is 60.2 Å². The highest BCUT2D eigenvalue weighted by molar-refractivity contribution is 5.94. The number of benzene rings is 1. The van der Waals surface area contributed by atoms with Crippen LogP contribution in [0.2, 0.25) is 0 Å². The van der Waals surface area contributed by atoms with Crippen molar-refractivity contribution < 1.29 is 9.21 Å². The zero-order chi connectivity index (χ0) is 13.2. The topological polar surface area (TPSA) is 58.9 Å². The van der Waals surface area contributed by atoms with Gasteiger partial charge in [0.05, 0.1) is 24.4 Å². The molecule has 2 heterocycles. The van der Waals surface area contributed by atoms with Gasteiger partial charge in [0.1, 0.15) is 0 Å². The minimum Gasteiger partial charge on any atom is -0.461 e. The van der Waals surface area contributed by atoms with Crippen LogP contribution >= 0.6 is 0 Å². The summed E-state index contributed by atoms with van der Waals surface area (Å²) in [5.41, 5.74) is 1.46. The third kappa shape index (κ3) is 2.02. The van der Waals surface area contributed by atoms with Crippen LogP contribution < -0.4 is 0 Å². The number of Topliss-reactive ketones (excluding diaryl/α,β-unsaturated/α-hetero) is 1. The molecule has 0 fully saturated rings. The molecule has 0 aliphatic rings. The largest absolute Gasteiger partial charge is 0.461 e. The first-order valence-electron chi connectivity index (χ1n) is 5.83. The van der Waals surface area contributed by atoms with Crippen LogP contribution in [0.3, 0.4) is 0 Å². The Labute approximate surface area is 109 Å². The second-order valence-electron chi connectivity index (χ2n) is 4.23. The predicted molar refractivity (Wildman–Crippen MR) is 69.7 cm³/mol. The lowest BCUT2D eigenvalue weighted by atomic mass is 10.2. The van der Waals surface area contributed by atoms with Gasteiger partial charge in [0.15, 0.2) is 5.76 Å². The Morgan fingerprint density at radius 3 is 2.95 bits per heavy atom. The van der Waals surface area contributed by atoms with Crippen LogP contribution in [0.5, 0.6) is 0 Å². The average molecular weight is 250 g/mol. The van der Waals surface area contributed by atoms with Gasteiger partial charge in [0.2, 0.25) is 5.78 Å². The van der Waals surface area contributed by atoms with Crippen molar-refractivity contribution in [3.63, 3.8) is 0 Å². The molecule has 0 atom stereocenters. The van der Waals surface area contributed by atoms with Crippen LogP contribution in [0.1, 0.15) is 16.1 Å². The first kappa shape index (κ1) is 11.3. The van der Waals surface area contributed by atoms with Gasteiger partial charge in [-0.3, -0.25) is 4.79 Å². The van der Waals surface area contributed by atoms with Crippen molar-refractivity contribution in [1.82, 2.24) is 4.57 Å². The van der Waals surface area contributed by atoms with Crippen molar-refractivity contribution in [3.8, 4) is 6.07 Å². The normalized spacial score (nSPS) is 10.5. The van der Waals surface area contributed by atoms with Gasteiger partial charge in [-0.2, -0.15) is 5.26 Å². The van der Waals surface area contributed by atoms with Crippen molar-refractivity contribution in [1.29, 1.82) is 5.26 Å². The van der Waals surface area contributed by atoms with Crippen molar-refractivity contribution in [2.75, 3.05) is 0 Å². The molecule has 0 unspecified atom stereocenters. The average Bonchev–Trinajstić information content (AvgIpc) is 3.08. The molecule has 92 valence electrons. The van der Waals surface area contributed by atoms with Crippen LogP contribution in [-0.4, -0.2) is 10.4 Å². The molecule has 0 N–H and O–H groups in total. The molecule has 0 aliphatic carbocycles. The van der Waals surface area contributed by atoms with Crippen LogP contribution in [0.4, 0.5) is 0 Å². The second kappa shape index (κ2) is 4.46. The molecule has 0 bridgehead atoms. The summed E-state index contributed by atoms with van der Waals surface area (Å²) in [5.74, 6) is 0.253. The van der Waals surface area contributed by atoms with E-state index in [2.05, 4.69) is 6.07 Å². The minimum atomic E-state index is -0.0927. The number of nitrogens with zero attached hydrogens (tertiary/aromatic N) is 2. The smallest absolute Gasteiger partial charge is 0.217 e. The van der Waals surface area contributed by atoms with E-state index in [1.807, 2.05) is 22.9 Å². The van der Waals surface area contributed by atoms with Gasteiger partial charge in [0, 0.05) is 11.7 Å². The quantitative estimate of drug-likeness (QED) is 0.671. The molecule has 3 rings (SSSR count). The Morgan fingerprint density at radius 2 is 2.21 bits per heavy atom. The third-order valence-corrected chi connectivity index (χ3v) is 3.01. The lowest BCUT2D eigenvalue weighted by Crippen LogP contribution is -2.08. The zero-order valence-electron chi connectivity index (χ0n) is 10.0. The number of hydrogen-bond donors (Lipinski definition) is 0. The molecule has 0 radical (unpaired) electrons. The molecule has 4 heteroatoms. The molecular formula is C15H10N2O2. The van der Waals surface area contributed by atoms with Gasteiger partial charge >= 0.3 is 0 Å². The fourth-order valence-electron chi connectivity index (χ4n) is 2.06. The van der Waals surface area contributed by atoms with E-state index >= 15 is 0 Å². The number of rotatable bonds is 3. The summed E-state index contributed by atoms with van der Waals surface area (Å²) in [7, 11) is 0. The number of aromatic nitrogens is 1.